The Morgan fingerprint density at radius 2 is 2.08 bits per heavy atom. The number of hydrogen-bond acceptors (Lipinski definition) is 3. The first-order valence-electron chi connectivity index (χ1n) is 8.83. The van der Waals surface area contributed by atoms with Crippen LogP contribution in [-0.2, 0) is 11.3 Å². The van der Waals surface area contributed by atoms with Crippen molar-refractivity contribution in [2.75, 3.05) is 33.4 Å². The second-order valence-electron chi connectivity index (χ2n) is 7.45. The molecule has 2 aliphatic rings. The second kappa shape index (κ2) is 9.07. The molecule has 2 fully saturated rings. The van der Waals surface area contributed by atoms with E-state index in [4.69, 9.17) is 9.47 Å². The molecular weight excluding hydrogens is 429 g/mol. The van der Waals surface area contributed by atoms with Crippen LogP contribution in [-0.4, -0.2) is 39.4 Å². The summed E-state index contributed by atoms with van der Waals surface area (Å²) in [6.45, 7) is 8.35. The number of aryl methyl sites for hydroxylation is 1. The molecule has 1 aromatic carbocycles. The van der Waals surface area contributed by atoms with Crippen LogP contribution in [0.3, 0.4) is 0 Å². The van der Waals surface area contributed by atoms with Crippen LogP contribution in [0.15, 0.2) is 23.2 Å². The zero-order chi connectivity index (χ0) is 17.0. The zero-order valence-electron chi connectivity index (χ0n) is 15.4. The van der Waals surface area contributed by atoms with Gasteiger partial charge in [-0.15, -0.1) is 24.0 Å². The van der Waals surface area contributed by atoms with Gasteiger partial charge in [-0.3, -0.25) is 4.99 Å². The topological polar surface area (TPSA) is 54.9 Å². The molecule has 3 rings (SSSR count). The minimum absolute atomic E-state index is 0. The van der Waals surface area contributed by atoms with E-state index < -0.39 is 0 Å². The van der Waals surface area contributed by atoms with E-state index in [9.17, 15) is 0 Å². The van der Waals surface area contributed by atoms with E-state index in [1.165, 1.54) is 24.0 Å². The highest BCUT2D eigenvalue weighted by Gasteiger charge is 2.33. The Morgan fingerprint density at radius 1 is 1.32 bits per heavy atom. The molecule has 0 spiro atoms. The summed E-state index contributed by atoms with van der Waals surface area (Å²) < 4.78 is 11.3. The molecule has 0 amide bonds. The molecule has 140 valence electrons. The highest BCUT2D eigenvalue weighted by atomic mass is 127. The van der Waals surface area contributed by atoms with Crippen molar-refractivity contribution < 1.29 is 9.47 Å². The van der Waals surface area contributed by atoms with Gasteiger partial charge in [0.25, 0.3) is 0 Å². The Labute approximate surface area is 168 Å². The van der Waals surface area contributed by atoms with Crippen molar-refractivity contribution in [2.45, 2.75) is 33.2 Å². The van der Waals surface area contributed by atoms with E-state index in [0.717, 1.165) is 44.0 Å². The molecule has 25 heavy (non-hydrogen) atoms. The first-order chi connectivity index (χ1) is 11.6. The fraction of sp³-hybridized carbons (Fsp3) is 0.632. The molecule has 0 atom stereocenters. The lowest BCUT2D eigenvalue weighted by molar-refractivity contribution is -0.0971. The van der Waals surface area contributed by atoms with Crippen LogP contribution >= 0.6 is 24.0 Å². The quantitative estimate of drug-likeness (QED) is 0.374. The molecule has 6 heteroatoms. The van der Waals surface area contributed by atoms with Gasteiger partial charge < -0.3 is 20.1 Å². The first-order valence-corrected chi connectivity index (χ1v) is 8.83. The highest BCUT2D eigenvalue weighted by Crippen LogP contribution is 2.30. The number of ether oxygens (including phenoxy) is 2. The average Bonchev–Trinajstić information content (AvgIpc) is 3.37. The largest absolute Gasteiger partial charge is 0.493 e. The molecule has 1 heterocycles. The van der Waals surface area contributed by atoms with E-state index in [0.29, 0.717) is 6.54 Å². The molecule has 1 saturated heterocycles. The Morgan fingerprint density at radius 3 is 2.68 bits per heavy atom. The van der Waals surface area contributed by atoms with Crippen molar-refractivity contribution in [3.63, 3.8) is 0 Å². The first kappa shape index (κ1) is 20.3. The summed E-state index contributed by atoms with van der Waals surface area (Å²) in [6.07, 6.45) is 2.61. The average molecular weight is 459 g/mol. The second-order valence-corrected chi connectivity index (χ2v) is 7.45. The van der Waals surface area contributed by atoms with Crippen LogP contribution in [0.1, 0.15) is 30.9 Å². The predicted molar refractivity (Wildman–Crippen MR) is 112 cm³/mol. The number of benzene rings is 1. The summed E-state index contributed by atoms with van der Waals surface area (Å²) in [4.78, 5) is 4.31. The maximum Gasteiger partial charge on any atom is 0.191 e. The van der Waals surface area contributed by atoms with Gasteiger partial charge in [0, 0.05) is 31.1 Å². The van der Waals surface area contributed by atoms with E-state index in [-0.39, 0.29) is 29.4 Å². The number of rotatable bonds is 7. The van der Waals surface area contributed by atoms with E-state index >= 15 is 0 Å². The smallest absolute Gasteiger partial charge is 0.191 e. The fourth-order valence-electron chi connectivity index (χ4n) is 2.68. The van der Waals surface area contributed by atoms with Gasteiger partial charge in [-0.05, 0) is 37.3 Å². The van der Waals surface area contributed by atoms with Gasteiger partial charge in [0.1, 0.15) is 5.75 Å². The van der Waals surface area contributed by atoms with E-state index in [2.05, 4.69) is 47.7 Å². The third-order valence-electron chi connectivity index (χ3n) is 4.65. The maximum atomic E-state index is 6.03. The van der Waals surface area contributed by atoms with Gasteiger partial charge in [-0.2, -0.15) is 0 Å². The molecule has 1 aliphatic carbocycles. The van der Waals surface area contributed by atoms with Crippen LogP contribution < -0.4 is 15.4 Å². The summed E-state index contributed by atoms with van der Waals surface area (Å²) in [5.74, 6) is 2.56. The standard InChI is InChI=1S/C19H29N3O2.HI/c1-14-4-7-16(17(8-14)24-10-15-5-6-15)9-21-18(20-3)22-11-19(2)12-23-13-19;/h4,7-8,15H,5-6,9-13H2,1-3H3,(H2,20,21,22);1H. The molecule has 5 nitrogen and oxygen atoms in total. The molecule has 2 N–H and O–H groups in total. The number of hydrogen-bond donors (Lipinski definition) is 2. The number of guanidine groups is 1. The van der Waals surface area contributed by atoms with Crippen LogP contribution in [0, 0.1) is 18.3 Å². The normalized spacial score (nSPS) is 18.8. The summed E-state index contributed by atoms with van der Waals surface area (Å²) in [5.41, 5.74) is 2.62. The van der Waals surface area contributed by atoms with Crippen LogP contribution in [0.25, 0.3) is 0 Å². The van der Waals surface area contributed by atoms with Gasteiger partial charge in [-0.25, -0.2) is 0 Å². The predicted octanol–water partition coefficient (Wildman–Crippen LogP) is 3.10. The molecule has 0 unspecified atom stereocenters. The SMILES string of the molecule is CN=C(NCc1ccc(C)cc1OCC1CC1)NCC1(C)COC1.I. The fourth-order valence-corrected chi connectivity index (χ4v) is 2.68. The minimum atomic E-state index is 0. The van der Waals surface area contributed by atoms with E-state index in [1.54, 1.807) is 7.05 Å². The van der Waals surface area contributed by atoms with Crippen molar-refractivity contribution in [2.24, 2.45) is 16.3 Å². The van der Waals surface area contributed by atoms with Gasteiger partial charge in [0.2, 0.25) is 0 Å². The third-order valence-corrected chi connectivity index (χ3v) is 4.65. The minimum Gasteiger partial charge on any atom is -0.493 e. The maximum absolute atomic E-state index is 6.03. The summed E-state index contributed by atoms with van der Waals surface area (Å²) in [6, 6.07) is 6.39. The number of nitrogens with zero attached hydrogens (tertiary/aromatic N) is 1. The van der Waals surface area contributed by atoms with Crippen molar-refractivity contribution in [1.82, 2.24) is 10.6 Å². The molecule has 0 bridgehead atoms. The number of aliphatic imine (C=N–C) groups is 1. The van der Waals surface area contributed by atoms with Crippen LogP contribution in [0.2, 0.25) is 0 Å². The van der Waals surface area contributed by atoms with Crippen molar-refractivity contribution in [3.05, 3.63) is 29.3 Å². The van der Waals surface area contributed by atoms with Gasteiger partial charge in [-0.1, -0.05) is 19.1 Å². The Kier molecular flexibility index (Phi) is 7.37. The molecular formula is C19H30IN3O2. The summed E-state index contributed by atoms with van der Waals surface area (Å²) in [5, 5.41) is 6.78. The molecule has 0 aromatic heterocycles. The monoisotopic (exact) mass is 459 g/mol. The van der Waals surface area contributed by atoms with Crippen LogP contribution in [0.4, 0.5) is 0 Å². The Hall–Kier alpha value is -1.02. The van der Waals surface area contributed by atoms with E-state index in [1.807, 2.05) is 0 Å². The van der Waals surface area contributed by atoms with Crippen molar-refractivity contribution in [3.8, 4) is 5.75 Å². The summed E-state index contributed by atoms with van der Waals surface area (Å²) >= 11 is 0. The van der Waals surface area contributed by atoms with Crippen LogP contribution in [0.5, 0.6) is 5.75 Å². The van der Waals surface area contributed by atoms with Gasteiger partial charge in [0.15, 0.2) is 5.96 Å². The lowest BCUT2D eigenvalue weighted by Gasteiger charge is -2.38. The molecule has 0 radical (unpaired) electrons. The number of nitrogens with one attached hydrogen (secondary N) is 2. The van der Waals surface area contributed by atoms with Crippen molar-refractivity contribution in [1.29, 1.82) is 0 Å². The lowest BCUT2D eigenvalue weighted by Crippen LogP contribution is -2.50. The zero-order valence-corrected chi connectivity index (χ0v) is 17.8. The van der Waals surface area contributed by atoms with Gasteiger partial charge in [0.05, 0.1) is 19.8 Å². The summed E-state index contributed by atoms with van der Waals surface area (Å²) in [7, 11) is 1.80. The molecule has 1 aromatic rings. The van der Waals surface area contributed by atoms with Gasteiger partial charge >= 0.3 is 0 Å². The lowest BCUT2D eigenvalue weighted by atomic mass is 9.89. The molecule has 1 aliphatic heterocycles. The Balaban J connectivity index is 0.00000225. The van der Waals surface area contributed by atoms with Crippen molar-refractivity contribution >= 4 is 29.9 Å². The third kappa shape index (κ3) is 6.02. The molecule has 1 saturated carbocycles. The Bertz CT molecular complexity index is 598. The highest BCUT2D eigenvalue weighted by molar-refractivity contribution is 14.0. The number of halogens is 1.